The maximum Gasteiger partial charge on any atom is 0.259 e. The van der Waals surface area contributed by atoms with Crippen molar-refractivity contribution in [3.8, 4) is 5.69 Å². The second kappa shape index (κ2) is 6.62. The number of halogens is 2. The van der Waals surface area contributed by atoms with E-state index < -0.39 is 17.5 Å². The molecular weight excluding hydrogens is 312 g/mol. The molecule has 0 spiro atoms. The lowest BCUT2D eigenvalue weighted by Crippen LogP contribution is -2.15. The molecule has 1 aromatic heterocycles. The molecule has 1 N–H and O–H groups in total. The van der Waals surface area contributed by atoms with Crippen LogP contribution in [0.5, 0.6) is 0 Å². The summed E-state index contributed by atoms with van der Waals surface area (Å²) >= 11 is 0. The van der Waals surface area contributed by atoms with Crippen molar-refractivity contribution in [2.24, 2.45) is 0 Å². The van der Waals surface area contributed by atoms with Crippen LogP contribution in [-0.2, 0) is 6.42 Å². The monoisotopic (exact) mass is 327 g/mol. The number of aromatic nitrogens is 2. The Morgan fingerprint density at radius 2 is 1.92 bits per heavy atom. The smallest absolute Gasteiger partial charge is 0.259 e. The van der Waals surface area contributed by atoms with Gasteiger partial charge >= 0.3 is 0 Å². The molecule has 0 saturated carbocycles. The second-order valence-electron chi connectivity index (χ2n) is 5.18. The Morgan fingerprint density at radius 1 is 1.17 bits per heavy atom. The molecule has 0 aliphatic heterocycles. The van der Waals surface area contributed by atoms with Crippen LogP contribution < -0.4 is 5.32 Å². The summed E-state index contributed by atoms with van der Waals surface area (Å²) in [4.78, 5) is 12.5. The maximum atomic E-state index is 13.7. The van der Waals surface area contributed by atoms with E-state index in [1.807, 2.05) is 37.3 Å². The molecule has 6 heteroatoms. The van der Waals surface area contributed by atoms with E-state index >= 15 is 0 Å². The number of nitrogens with zero attached hydrogens (tertiary/aromatic N) is 2. The molecule has 1 heterocycles. The largest absolute Gasteiger partial charge is 0.319 e. The molecule has 4 nitrogen and oxygen atoms in total. The standard InChI is InChI=1S/C18H15F2N3O/c1-2-17-14(11-21-23(17)13-6-4-3-5-7-13)18(24)22-16-9-8-12(19)10-15(16)20/h3-11H,2H2,1H3,(H,22,24). The topological polar surface area (TPSA) is 46.9 Å². The fraction of sp³-hybridized carbons (Fsp3) is 0.111. The summed E-state index contributed by atoms with van der Waals surface area (Å²) in [5, 5.41) is 6.72. The van der Waals surface area contributed by atoms with Gasteiger partial charge in [-0.25, -0.2) is 13.5 Å². The van der Waals surface area contributed by atoms with E-state index in [0.29, 0.717) is 17.7 Å². The fourth-order valence-electron chi connectivity index (χ4n) is 2.48. The lowest BCUT2D eigenvalue weighted by Gasteiger charge is -2.09. The minimum atomic E-state index is -0.822. The molecule has 0 unspecified atom stereocenters. The highest BCUT2D eigenvalue weighted by atomic mass is 19.1. The molecule has 24 heavy (non-hydrogen) atoms. The third kappa shape index (κ3) is 3.03. The molecule has 3 aromatic rings. The summed E-state index contributed by atoms with van der Waals surface area (Å²) in [5.74, 6) is -2.01. The second-order valence-corrected chi connectivity index (χ2v) is 5.18. The van der Waals surface area contributed by atoms with Gasteiger partial charge < -0.3 is 5.32 Å². The van der Waals surface area contributed by atoms with E-state index in [1.54, 1.807) is 4.68 Å². The molecule has 122 valence electrons. The van der Waals surface area contributed by atoms with E-state index in [2.05, 4.69) is 10.4 Å². The van der Waals surface area contributed by atoms with Gasteiger partial charge in [-0.3, -0.25) is 4.79 Å². The molecule has 2 aromatic carbocycles. The summed E-state index contributed by atoms with van der Waals surface area (Å²) in [7, 11) is 0. The number of amides is 1. The summed E-state index contributed by atoms with van der Waals surface area (Å²) < 4.78 is 28.3. The third-order valence-electron chi connectivity index (χ3n) is 3.63. The number of para-hydroxylation sites is 1. The summed E-state index contributed by atoms with van der Waals surface area (Å²) in [6.07, 6.45) is 2.02. The molecule has 0 aliphatic rings. The van der Waals surface area contributed by atoms with Gasteiger partial charge in [-0.15, -0.1) is 0 Å². The van der Waals surface area contributed by atoms with Crippen LogP contribution >= 0.6 is 0 Å². The average Bonchev–Trinajstić information content (AvgIpc) is 3.02. The van der Waals surface area contributed by atoms with Gasteiger partial charge in [0, 0.05) is 6.07 Å². The van der Waals surface area contributed by atoms with Crippen LogP contribution in [0.3, 0.4) is 0 Å². The van der Waals surface area contributed by atoms with Crippen molar-refractivity contribution in [3.63, 3.8) is 0 Å². The van der Waals surface area contributed by atoms with Crippen LogP contribution in [-0.4, -0.2) is 15.7 Å². The van der Waals surface area contributed by atoms with Crippen LogP contribution in [0, 0.1) is 11.6 Å². The van der Waals surface area contributed by atoms with E-state index in [0.717, 1.165) is 17.8 Å². The van der Waals surface area contributed by atoms with Crippen molar-refractivity contribution < 1.29 is 13.6 Å². The molecule has 3 rings (SSSR count). The zero-order valence-electron chi connectivity index (χ0n) is 13.0. The van der Waals surface area contributed by atoms with Gasteiger partial charge in [0.15, 0.2) is 0 Å². The van der Waals surface area contributed by atoms with Crippen molar-refractivity contribution in [1.29, 1.82) is 0 Å². The molecule has 0 aliphatic carbocycles. The van der Waals surface area contributed by atoms with Gasteiger partial charge in [-0.05, 0) is 30.7 Å². The Labute approximate surface area is 137 Å². The Morgan fingerprint density at radius 3 is 2.58 bits per heavy atom. The van der Waals surface area contributed by atoms with Crippen LogP contribution in [0.1, 0.15) is 23.0 Å². The van der Waals surface area contributed by atoms with Crippen LogP contribution in [0.2, 0.25) is 0 Å². The van der Waals surface area contributed by atoms with Gasteiger partial charge in [0.25, 0.3) is 5.91 Å². The first kappa shape index (κ1) is 15.9. The number of hydrogen-bond acceptors (Lipinski definition) is 2. The first-order chi connectivity index (χ1) is 11.6. The summed E-state index contributed by atoms with van der Waals surface area (Å²) in [5.41, 5.74) is 1.82. The number of benzene rings is 2. The Kier molecular flexibility index (Phi) is 4.37. The van der Waals surface area contributed by atoms with Crippen molar-refractivity contribution in [3.05, 3.63) is 77.6 Å². The maximum absolute atomic E-state index is 13.7. The lowest BCUT2D eigenvalue weighted by atomic mass is 10.1. The minimum Gasteiger partial charge on any atom is -0.319 e. The number of nitrogens with one attached hydrogen (secondary N) is 1. The number of carbonyl (C=O) groups is 1. The Balaban J connectivity index is 1.92. The van der Waals surface area contributed by atoms with Crippen molar-refractivity contribution in [2.75, 3.05) is 5.32 Å². The first-order valence-corrected chi connectivity index (χ1v) is 7.49. The third-order valence-corrected chi connectivity index (χ3v) is 3.63. The van der Waals surface area contributed by atoms with Gasteiger partial charge in [0.05, 0.1) is 28.8 Å². The van der Waals surface area contributed by atoms with Crippen molar-refractivity contribution >= 4 is 11.6 Å². The van der Waals surface area contributed by atoms with Crippen LogP contribution in [0.4, 0.5) is 14.5 Å². The zero-order chi connectivity index (χ0) is 17.1. The molecular formula is C18H15F2N3O. The molecule has 0 bridgehead atoms. The van der Waals surface area contributed by atoms with Crippen molar-refractivity contribution in [1.82, 2.24) is 9.78 Å². The molecule has 1 amide bonds. The van der Waals surface area contributed by atoms with Crippen LogP contribution in [0.15, 0.2) is 54.7 Å². The van der Waals surface area contributed by atoms with Gasteiger partial charge in [-0.1, -0.05) is 25.1 Å². The zero-order valence-corrected chi connectivity index (χ0v) is 13.0. The average molecular weight is 327 g/mol. The fourth-order valence-corrected chi connectivity index (χ4v) is 2.48. The highest BCUT2D eigenvalue weighted by Crippen LogP contribution is 2.19. The molecule has 0 fully saturated rings. The van der Waals surface area contributed by atoms with Gasteiger partial charge in [-0.2, -0.15) is 5.10 Å². The highest BCUT2D eigenvalue weighted by Gasteiger charge is 2.18. The summed E-state index contributed by atoms with van der Waals surface area (Å²) in [6, 6.07) is 12.4. The quantitative estimate of drug-likeness (QED) is 0.788. The SMILES string of the molecule is CCc1c(C(=O)Nc2ccc(F)cc2F)cnn1-c1ccccc1. The lowest BCUT2D eigenvalue weighted by molar-refractivity contribution is 0.102. The Bertz CT molecular complexity index is 875. The van der Waals surface area contributed by atoms with Gasteiger partial charge in [0.1, 0.15) is 11.6 Å². The predicted molar refractivity (Wildman–Crippen MR) is 87.3 cm³/mol. The minimum absolute atomic E-state index is 0.0732. The first-order valence-electron chi connectivity index (χ1n) is 7.49. The Hall–Kier alpha value is -3.02. The number of hydrogen-bond donors (Lipinski definition) is 1. The highest BCUT2D eigenvalue weighted by molar-refractivity contribution is 6.05. The molecule has 0 atom stereocenters. The van der Waals surface area contributed by atoms with E-state index in [4.69, 9.17) is 0 Å². The molecule has 0 radical (unpaired) electrons. The number of rotatable bonds is 4. The van der Waals surface area contributed by atoms with Crippen LogP contribution in [0.25, 0.3) is 5.69 Å². The van der Waals surface area contributed by atoms with E-state index in [1.165, 1.54) is 12.3 Å². The van der Waals surface area contributed by atoms with E-state index in [9.17, 15) is 13.6 Å². The number of carbonyl (C=O) groups excluding carboxylic acids is 1. The predicted octanol–water partition coefficient (Wildman–Crippen LogP) is 3.97. The van der Waals surface area contributed by atoms with E-state index in [-0.39, 0.29) is 5.69 Å². The normalized spacial score (nSPS) is 10.6. The molecule has 0 saturated heterocycles. The number of anilines is 1. The summed E-state index contributed by atoms with van der Waals surface area (Å²) in [6.45, 7) is 1.91. The van der Waals surface area contributed by atoms with Crippen molar-refractivity contribution in [2.45, 2.75) is 13.3 Å². The van der Waals surface area contributed by atoms with Gasteiger partial charge in [0.2, 0.25) is 0 Å².